The SMILES string of the molecule is O=C(c1cccc(NS(=O)(=O)c2ccccc2)c1)N1CCN(CCCOCC(F)(F)F)CC1. The summed E-state index contributed by atoms with van der Waals surface area (Å²) in [4.78, 5) is 16.8. The van der Waals surface area contributed by atoms with Crippen molar-refractivity contribution in [1.29, 1.82) is 0 Å². The molecular formula is C22H26F3N3O4S. The molecule has 1 fully saturated rings. The van der Waals surface area contributed by atoms with Gasteiger partial charge in [0.1, 0.15) is 6.61 Å². The maximum atomic E-state index is 12.9. The Hall–Kier alpha value is -2.63. The number of ether oxygens (including phenoxy) is 1. The van der Waals surface area contributed by atoms with Gasteiger partial charge in [-0.25, -0.2) is 8.42 Å². The van der Waals surface area contributed by atoms with Crippen molar-refractivity contribution in [2.75, 3.05) is 50.7 Å². The normalized spacial score (nSPS) is 15.4. The van der Waals surface area contributed by atoms with E-state index >= 15 is 0 Å². The summed E-state index contributed by atoms with van der Waals surface area (Å²) in [6.45, 7) is 1.54. The number of nitrogens with one attached hydrogen (secondary N) is 1. The number of piperazine rings is 1. The molecule has 11 heteroatoms. The average molecular weight is 486 g/mol. The topological polar surface area (TPSA) is 79.0 Å². The van der Waals surface area contributed by atoms with Crippen LogP contribution in [0.25, 0.3) is 0 Å². The highest BCUT2D eigenvalue weighted by molar-refractivity contribution is 7.92. The molecule has 0 saturated carbocycles. The second-order valence-corrected chi connectivity index (χ2v) is 9.34. The van der Waals surface area contributed by atoms with Crippen LogP contribution in [0.15, 0.2) is 59.5 Å². The van der Waals surface area contributed by atoms with Gasteiger partial charge >= 0.3 is 6.18 Å². The third kappa shape index (κ3) is 7.72. The quantitative estimate of drug-likeness (QED) is 0.552. The number of halogens is 3. The number of nitrogens with zero attached hydrogens (tertiary/aromatic N) is 2. The van der Waals surface area contributed by atoms with Gasteiger partial charge in [-0.2, -0.15) is 13.2 Å². The van der Waals surface area contributed by atoms with Crippen LogP contribution >= 0.6 is 0 Å². The number of carbonyl (C=O) groups is 1. The van der Waals surface area contributed by atoms with Gasteiger partial charge in [0, 0.05) is 50.6 Å². The minimum absolute atomic E-state index is 0.0321. The summed E-state index contributed by atoms with van der Waals surface area (Å²) in [7, 11) is -3.76. The monoisotopic (exact) mass is 485 g/mol. The third-order valence-electron chi connectivity index (χ3n) is 5.10. The van der Waals surface area contributed by atoms with Crippen LogP contribution in [0.5, 0.6) is 0 Å². The number of anilines is 1. The Morgan fingerprint density at radius 3 is 2.36 bits per heavy atom. The lowest BCUT2D eigenvalue weighted by Gasteiger charge is -2.34. The van der Waals surface area contributed by atoms with Gasteiger partial charge in [-0.1, -0.05) is 24.3 Å². The van der Waals surface area contributed by atoms with Crippen LogP contribution in [0, 0.1) is 0 Å². The molecule has 0 spiro atoms. The Labute approximate surface area is 191 Å². The third-order valence-corrected chi connectivity index (χ3v) is 6.50. The van der Waals surface area contributed by atoms with Gasteiger partial charge in [-0.05, 0) is 36.8 Å². The lowest BCUT2D eigenvalue weighted by Crippen LogP contribution is -2.49. The average Bonchev–Trinajstić information content (AvgIpc) is 2.78. The van der Waals surface area contributed by atoms with E-state index < -0.39 is 22.8 Å². The molecule has 180 valence electrons. The Kier molecular flexibility index (Phi) is 8.33. The van der Waals surface area contributed by atoms with Crippen molar-refractivity contribution in [2.45, 2.75) is 17.5 Å². The van der Waals surface area contributed by atoms with E-state index in [1.54, 1.807) is 41.3 Å². The van der Waals surface area contributed by atoms with Crippen LogP contribution in [-0.2, 0) is 14.8 Å². The smallest absolute Gasteiger partial charge is 0.372 e. The Morgan fingerprint density at radius 2 is 1.70 bits per heavy atom. The second kappa shape index (κ2) is 11.0. The molecule has 2 aromatic carbocycles. The first kappa shape index (κ1) is 25.0. The molecule has 0 radical (unpaired) electrons. The van der Waals surface area contributed by atoms with Crippen LogP contribution in [0.4, 0.5) is 18.9 Å². The molecule has 1 heterocycles. The fourth-order valence-electron chi connectivity index (χ4n) is 3.46. The molecule has 0 aliphatic carbocycles. The molecule has 7 nitrogen and oxygen atoms in total. The molecule has 1 aliphatic rings. The summed E-state index contributed by atoms with van der Waals surface area (Å²) in [6.07, 6.45) is -3.84. The first-order valence-electron chi connectivity index (χ1n) is 10.5. The number of sulfonamides is 1. The highest BCUT2D eigenvalue weighted by atomic mass is 32.2. The summed E-state index contributed by atoms with van der Waals surface area (Å²) in [5.74, 6) is -0.205. The van der Waals surface area contributed by atoms with Crippen molar-refractivity contribution in [3.63, 3.8) is 0 Å². The summed E-state index contributed by atoms with van der Waals surface area (Å²) < 4.78 is 68.4. The van der Waals surface area contributed by atoms with E-state index in [0.717, 1.165) is 0 Å². The van der Waals surface area contributed by atoms with E-state index in [2.05, 4.69) is 14.4 Å². The molecule has 0 unspecified atom stereocenters. The fourth-order valence-corrected chi connectivity index (χ4v) is 4.54. The van der Waals surface area contributed by atoms with E-state index in [-0.39, 0.29) is 17.4 Å². The zero-order valence-corrected chi connectivity index (χ0v) is 18.7. The number of rotatable bonds is 9. The molecule has 3 rings (SSSR count). The number of alkyl halides is 3. The van der Waals surface area contributed by atoms with Crippen molar-refractivity contribution in [1.82, 2.24) is 9.80 Å². The zero-order chi connectivity index (χ0) is 23.9. The second-order valence-electron chi connectivity index (χ2n) is 7.65. The van der Waals surface area contributed by atoms with Crippen LogP contribution in [0.3, 0.4) is 0 Å². The van der Waals surface area contributed by atoms with Gasteiger partial charge in [0.2, 0.25) is 0 Å². The minimum Gasteiger partial charge on any atom is -0.372 e. The number of hydrogen-bond donors (Lipinski definition) is 1. The van der Waals surface area contributed by atoms with E-state index in [9.17, 15) is 26.4 Å². The van der Waals surface area contributed by atoms with Crippen molar-refractivity contribution in [3.05, 3.63) is 60.2 Å². The number of carbonyl (C=O) groups excluding carboxylic acids is 1. The van der Waals surface area contributed by atoms with Crippen molar-refractivity contribution < 1.29 is 31.1 Å². The van der Waals surface area contributed by atoms with Gasteiger partial charge in [-0.3, -0.25) is 14.4 Å². The first-order chi connectivity index (χ1) is 15.6. The molecule has 1 amide bonds. The highest BCUT2D eigenvalue weighted by Gasteiger charge is 2.27. The van der Waals surface area contributed by atoms with Crippen LogP contribution in [0.1, 0.15) is 16.8 Å². The van der Waals surface area contributed by atoms with Gasteiger partial charge in [0.05, 0.1) is 4.90 Å². The Bertz CT molecular complexity index is 1020. The van der Waals surface area contributed by atoms with Crippen molar-refractivity contribution in [3.8, 4) is 0 Å². The number of amides is 1. The number of benzene rings is 2. The summed E-state index contributed by atoms with van der Waals surface area (Å²) >= 11 is 0. The highest BCUT2D eigenvalue weighted by Crippen LogP contribution is 2.19. The first-order valence-corrected chi connectivity index (χ1v) is 12.0. The summed E-state index contributed by atoms with van der Waals surface area (Å²) in [5, 5.41) is 0. The Morgan fingerprint density at radius 1 is 1.00 bits per heavy atom. The van der Waals surface area contributed by atoms with Gasteiger partial charge < -0.3 is 9.64 Å². The van der Waals surface area contributed by atoms with E-state index in [1.807, 2.05) is 0 Å². The molecular weight excluding hydrogens is 459 g/mol. The van der Waals surface area contributed by atoms with Gasteiger partial charge in [0.25, 0.3) is 15.9 Å². The van der Waals surface area contributed by atoms with E-state index in [1.165, 1.54) is 18.2 Å². The lowest BCUT2D eigenvalue weighted by molar-refractivity contribution is -0.174. The molecule has 2 aromatic rings. The minimum atomic E-state index is -4.31. The van der Waals surface area contributed by atoms with E-state index in [0.29, 0.717) is 50.4 Å². The molecule has 0 aromatic heterocycles. The maximum absolute atomic E-state index is 12.9. The van der Waals surface area contributed by atoms with Gasteiger partial charge in [-0.15, -0.1) is 0 Å². The van der Waals surface area contributed by atoms with Crippen LogP contribution < -0.4 is 4.72 Å². The summed E-state index contributed by atoms with van der Waals surface area (Å²) in [5.41, 5.74) is 0.666. The largest absolute Gasteiger partial charge is 0.411 e. The molecule has 1 aliphatic heterocycles. The molecule has 33 heavy (non-hydrogen) atoms. The molecule has 0 atom stereocenters. The van der Waals surface area contributed by atoms with E-state index in [4.69, 9.17) is 0 Å². The molecule has 0 bridgehead atoms. The zero-order valence-electron chi connectivity index (χ0n) is 17.9. The predicted octanol–water partition coefficient (Wildman–Crippen LogP) is 3.21. The van der Waals surface area contributed by atoms with Crippen molar-refractivity contribution in [2.24, 2.45) is 0 Å². The molecule has 1 saturated heterocycles. The fraction of sp³-hybridized carbons (Fsp3) is 0.409. The standard InChI is InChI=1S/C22H26F3N3O4S/c23-22(24,25)17-32-15-5-10-27-11-13-28(14-12-27)21(29)18-6-4-7-19(16-18)26-33(30,31)20-8-2-1-3-9-20/h1-4,6-9,16,26H,5,10-15,17H2. The van der Waals surface area contributed by atoms with Crippen LogP contribution in [0.2, 0.25) is 0 Å². The van der Waals surface area contributed by atoms with Crippen LogP contribution in [-0.4, -0.2) is 76.2 Å². The van der Waals surface area contributed by atoms with Crippen molar-refractivity contribution >= 4 is 21.6 Å². The lowest BCUT2D eigenvalue weighted by atomic mass is 10.1. The van der Waals surface area contributed by atoms with Gasteiger partial charge in [0.15, 0.2) is 0 Å². The maximum Gasteiger partial charge on any atom is 0.411 e. The molecule has 1 N–H and O–H groups in total. The number of hydrogen-bond acceptors (Lipinski definition) is 5. The summed E-state index contributed by atoms with van der Waals surface area (Å²) in [6, 6.07) is 14.3. The Balaban J connectivity index is 1.49. The predicted molar refractivity (Wildman–Crippen MR) is 118 cm³/mol.